The van der Waals surface area contributed by atoms with Crippen molar-refractivity contribution in [3.63, 3.8) is 0 Å². The van der Waals surface area contributed by atoms with Gasteiger partial charge in [0, 0.05) is 12.1 Å². The van der Waals surface area contributed by atoms with Gasteiger partial charge in [0.05, 0.1) is 12.2 Å². The zero-order valence-corrected chi connectivity index (χ0v) is 14.8. The van der Waals surface area contributed by atoms with Crippen LogP contribution in [0.2, 0.25) is 0 Å². The average molecular weight is 380 g/mol. The van der Waals surface area contributed by atoms with E-state index in [2.05, 4.69) is 15.7 Å². The van der Waals surface area contributed by atoms with Gasteiger partial charge in [0.25, 0.3) is 5.91 Å². The Kier molecular flexibility index (Phi) is 3.98. The van der Waals surface area contributed by atoms with Crippen LogP contribution in [0.4, 0.5) is 4.39 Å². The van der Waals surface area contributed by atoms with Gasteiger partial charge in [0.1, 0.15) is 17.7 Å². The van der Waals surface area contributed by atoms with Crippen molar-refractivity contribution < 1.29 is 18.7 Å². The first-order chi connectivity index (χ1) is 13.7. The molecule has 0 bridgehead atoms. The molecule has 1 amide bonds. The lowest BCUT2D eigenvalue weighted by molar-refractivity contribution is 0.0900. The number of aromatic nitrogens is 2. The van der Waals surface area contributed by atoms with Crippen LogP contribution in [0.1, 0.15) is 22.2 Å². The van der Waals surface area contributed by atoms with Crippen LogP contribution >= 0.6 is 0 Å². The Morgan fingerprint density at radius 1 is 1.14 bits per heavy atom. The Labute approximate surface area is 160 Å². The summed E-state index contributed by atoms with van der Waals surface area (Å²) in [5.41, 5.74) is 2.88. The largest absolute Gasteiger partial charge is 0.454 e. The van der Waals surface area contributed by atoms with E-state index in [0.29, 0.717) is 24.5 Å². The first-order valence-electron chi connectivity index (χ1n) is 8.93. The number of amides is 1. The second-order valence-electron chi connectivity index (χ2n) is 6.66. The van der Waals surface area contributed by atoms with Gasteiger partial charge >= 0.3 is 0 Å². The predicted molar refractivity (Wildman–Crippen MR) is 98.4 cm³/mol. The zero-order valence-electron chi connectivity index (χ0n) is 14.8. The van der Waals surface area contributed by atoms with E-state index in [1.807, 2.05) is 18.2 Å². The molecule has 0 aliphatic carbocycles. The van der Waals surface area contributed by atoms with Gasteiger partial charge < -0.3 is 14.8 Å². The van der Waals surface area contributed by atoms with Crippen LogP contribution < -0.4 is 20.1 Å². The van der Waals surface area contributed by atoms with E-state index in [9.17, 15) is 9.18 Å². The lowest BCUT2D eigenvalue weighted by Crippen LogP contribution is -2.45. The van der Waals surface area contributed by atoms with E-state index >= 15 is 0 Å². The number of carbonyl (C=O) groups is 1. The van der Waals surface area contributed by atoms with Crippen molar-refractivity contribution in [3.8, 4) is 22.8 Å². The van der Waals surface area contributed by atoms with Crippen molar-refractivity contribution in [2.75, 3.05) is 13.3 Å². The van der Waals surface area contributed by atoms with Crippen molar-refractivity contribution in [1.82, 2.24) is 20.4 Å². The van der Waals surface area contributed by atoms with Gasteiger partial charge in [-0.2, -0.15) is 5.10 Å². The third-order valence-electron chi connectivity index (χ3n) is 4.84. The molecule has 2 aromatic carbocycles. The monoisotopic (exact) mass is 380 g/mol. The third kappa shape index (κ3) is 2.97. The van der Waals surface area contributed by atoms with E-state index in [1.54, 1.807) is 22.9 Å². The fourth-order valence-electron chi connectivity index (χ4n) is 3.37. The highest BCUT2D eigenvalue weighted by Crippen LogP contribution is 2.32. The number of ether oxygens (including phenoxy) is 2. The Hall–Kier alpha value is -3.39. The Morgan fingerprint density at radius 3 is 2.82 bits per heavy atom. The molecule has 2 aliphatic heterocycles. The van der Waals surface area contributed by atoms with Gasteiger partial charge in [0.15, 0.2) is 11.5 Å². The first-order valence-corrected chi connectivity index (χ1v) is 8.93. The normalized spacial score (nSPS) is 17.3. The van der Waals surface area contributed by atoms with Crippen LogP contribution in [0.15, 0.2) is 48.5 Å². The van der Waals surface area contributed by atoms with E-state index < -0.39 is 0 Å². The van der Waals surface area contributed by atoms with Crippen molar-refractivity contribution >= 4 is 5.91 Å². The molecule has 1 unspecified atom stereocenters. The van der Waals surface area contributed by atoms with Crippen molar-refractivity contribution in [2.45, 2.75) is 12.7 Å². The smallest absolute Gasteiger partial charge is 0.269 e. The second kappa shape index (κ2) is 6.65. The molecule has 1 atom stereocenters. The number of nitrogens with zero attached hydrogens (tertiary/aromatic N) is 2. The minimum atomic E-state index is -0.311. The molecule has 3 aromatic rings. The van der Waals surface area contributed by atoms with Gasteiger partial charge in [-0.15, -0.1) is 0 Å². The highest BCUT2D eigenvalue weighted by atomic mass is 19.1. The summed E-state index contributed by atoms with van der Waals surface area (Å²) in [6, 6.07) is 13.6. The Morgan fingerprint density at radius 2 is 1.96 bits per heavy atom. The number of carbonyl (C=O) groups excluding carboxylic acids is 1. The van der Waals surface area contributed by atoms with Crippen LogP contribution in [-0.2, 0) is 6.54 Å². The predicted octanol–water partition coefficient (Wildman–Crippen LogP) is 2.45. The standard InChI is InChI=1S/C20H17FN4O3/c21-14-4-2-13(3-5-14)15-8-16-20(26)23-10-19(25(16)24-15)22-9-12-1-6-17-18(7-12)28-11-27-17/h1-8,19,22H,9-11H2,(H,23,26). The van der Waals surface area contributed by atoms with Gasteiger partial charge in [-0.25, -0.2) is 9.07 Å². The number of benzene rings is 2. The summed E-state index contributed by atoms with van der Waals surface area (Å²) in [6.45, 7) is 1.23. The van der Waals surface area contributed by atoms with Crippen molar-refractivity contribution in [2.24, 2.45) is 0 Å². The molecule has 3 heterocycles. The van der Waals surface area contributed by atoms with Crippen LogP contribution in [-0.4, -0.2) is 29.0 Å². The summed E-state index contributed by atoms with van der Waals surface area (Å²) < 4.78 is 25.6. The molecule has 142 valence electrons. The lowest BCUT2D eigenvalue weighted by atomic mass is 10.1. The Balaban J connectivity index is 1.38. The lowest BCUT2D eigenvalue weighted by Gasteiger charge is -2.25. The third-order valence-corrected chi connectivity index (χ3v) is 4.84. The molecule has 0 saturated heterocycles. The highest BCUT2D eigenvalue weighted by molar-refractivity contribution is 5.94. The van der Waals surface area contributed by atoms with E-state index in [-0.39, 0.29) is 24.7 Å². The molecule has 0 fully saturated rings. The number of nitrogens with one attached hydrogen (secondary N) is 2. The molecule has 8 heteroatoms. The molecule has 0 saturated carbocycles. The summed E-state index contributed by atoms with van der Waals surface area (Å²) in [7, 11) is 0. The molecule has 0 radical (unpaired) electrons. The fourth-order valence-corrected chi connectivity index (χ4v) is 3.37. The molecule has 28 heavy (non-hydrogen) atoms. The van der Waals surface area contributed by atoms with Gasteiger partial charge in [-0.3, -0.25) is 10.1 Å². The second-order valence-corrected chi connectivity index (χ2v) is 6.66. The molecule has 1 aromatic heterocycles. The maximum atomic E-state index is 13.2. The van der Waals surface area contributed by atoms with Crippen LogP contribution in [0.5, 0.6) is 11.5 Å². The molecular formula is C20H17FN4O3. The molecular weight excluding hydrogens is 363 g/mol. The van der Waals surface area contributed by atoms with Crippen molar-refractivity contribution in [1.29, 1.82) is 0 Å². The number of halogens is 1. The topological polar surface area (TPSA) is 77.4 Å². The molecule has 5 rings (SSSR count). The molecule has 2 aliphatic rings. The number of fused-ring (bicyclic) bond motifs is 2. The summed E-state index contributed by atoms with van der Waals surface area (Å²) in [4.78, 5) is 12.2. The van der Waals surface area contributed by atoms with Crippen LogP contribution in [0.3, 0.4) is 0 Å². The van der Waals surface area contributed by atoms with Crippen molar-refractivity contribution in [3.05, 3.63) is 65.6 Å². The minimum absolute atomic E-state index is 0.179. The van der Waals surface area contributed by atoms with E-state index in [4.69, 9.17) is 9.47 Å². The SMILES string of the molecule is O=C1NCC(NCc2ccc3c(c2)OCO3)n2nc(-c3ccc(F)cc3)cc21. The Bertz CT molecular complexity index is 1050. The zero-order chi connectivity index (χ0) is 19.1. The maximum absolute atomic E-state index is 13.2. The summed E-state index contributed by atoms with van der Waals surface area (Å²) >= 11 is 0. The number of hydrogen-bond donors (Lipinski definition) is 2. The minimum Gasteiger partial charge on any atom is -0.454 e. The fraction of sp³-hybridized carbons (Fsp3) is 0.200. The van der Waals surface area contributed by atoms with Gasteiger partial charge in [-0.05, 0) is 48.0 Å². The first kappa shape index (κ1) is 16.8. The molecule has 7 nitrogen and oxygen atoms in total. The van der Waals surface area contributed by atoms with Crippen LogP contribution in [0, 0.1) is 5.82 Å². The van der Waals surface area contributed by atoms with Gasteiger partial charge in [0.2, 0.25) is 6.79 Å². The highest BCUT2D eigenvalue weighted by Gasteiger charge is 2.27. The maximum Gasteiger partial charge on any atom is 0.269 e. The van der Waals surface area contributed by atoms with E-state index in [0.717, 1.165) is 22.6 Å². The van der Waals surface area contributed by atoms with Gasteiger partial charge in [-0.1, -0.05) is 6.07 Å². The quantitative estimate of drug-likeness (QED) is 0.727. The molecule has 2 N–H and O–H groups in total. The average Bonchev–Trinajstić information content (AvgIpc) is 3.35. The summed E-state index contributed by atoms with van der Waals surface area (Å²) in [6.07, 6.45) is -0.202. The number of rotatable bonds is 4. The summed E-state index contributed by atoms with van der Waals surface area (Å²) in [5, 5.41) is 10.9. The summed E-state index contributed by atoms with van der Waals surface area (Å²) in [5.74, 6) is 0.984. The molecule has 0 spiro atoms. The van der Waals surface area contributed by atoms with Crippen LogP contribution in [0.25, 0.3) is 11.3 Å². The van der Waals surface area contributed by atoms with E-state index in [1.165, 1.54) is 12.1 Å². The number of hydrogen-bond acceptors (Lipinski definition) is 5.